The van der Waals surface area contributed by atoms with Gasteiger partial charge >= 0.3 is 0 Å². The van der Waals surface area contributed by atoms with Crippen molar-refractivity contribution in [2.24, 2.45) is 0 Å². The van der Waals surface area contributed by atoms with Crippen molar-refractivity contribution in [1.82, 2.24) is 4.57 Å². The van der Waals surface area contributed by atoms with E-state index >= 15 is 0 Å². The van der Waals surface area contributed by atoms with Crippen LogP contribution in [0.4, 0.5) is 17.1 Å². The van der Waals surface area contributed by atoms with Gasteiger partial charge in [-0.05, 0) is 111 Å². The summed E-state index contributed by atoms with van der Waals surface area (Å²) in [4.78, 5) is 2.40. The van der Waals surface area contributed by atoms with Crippen molar-refractivity contribution in [2.45, 2.75) is 0 Å². The highest BCUT2D eigenvalue weighted by Gasteiger charge is 2.50. The first-order valence-electron chi connectivity index (χ1n) is 22.4. The molecule has 0 bridgehead atoms. The lowest BCUT2D eigenvalue weighted by Gasteiger charge is -2.32. The van der Waals surface area contributed by atoms with Crippen LogP contribution in [-0.2, 0) is 0 Å². The average molecular weight is 879 g/mol. The van der Waals surface area contributed by atoms with Gasteiger partial charge in [0.2, 0.25) is 0 Å². The Morgan fingerprint density at radius 1 is 0.394 bits per heavy atom. The molecule has 310 valence electrons. The van der Waals surface area contributed by atoms with Crippen molar-refractivity contribution >= 4 is 99.2 Å². The lowest BCUT2D eigenvalue weighted by Crippen LogP contribution is -2.72. The number of aromatic nitrogens is 1. The second-order valence-corrected chi connectivity index (χ2v) is 22.0. The fourth-order valence-electron chi connectivity index (χ4n) is 10.9. The van der Waals surface area contributed by atoms with Crippen molar-refractivity contribution in [1.29, 1.82) is 0 Å². The van der Waals surface area contributed by atoms with Gasteiger partial charge < -0.3 is 18.9 Å². The van der Waals surface area contributed by atoms with E-state index in [1.807, 2.05) is 35.6 Å². The number of ether oxygens (including phenoxy) is 2. The van der Waals surface area contributed by atoms with Gasteiger partial charge in [0.05, 0.1) is 11.0 Å². The van der Waals surface area contributed by atoms with Crippen LogP contribution in [0.2, 0.25) is 0 Å². The van der Waals surface area contributed by atoms with E-state index in [1.54, 1.807) is 0 Å². The van der Waals surface area contributed by atoms with Crippen LogP contribution in [0, 0.1) is 0 Å². The van der Waals surface area contributed by atoms with E-state index in [9.17, 15) is 0 Å². The molecule has 10 aromatic carbocycles. The largest absolute Gasteiger partial charge is 0.449 e. The minimum absolute atomic E-state index is 0.737. The van der Waals surface area contributed by atoms with Crippen molar-refractivity contribution in [3.8, 4) is 39.8 Å². The Morgan fingerprint density at radius 2 is 1.03 bits per heavy atom. The molecule has 0 saturated heterocycles. The third-order valence-corrected chi connectivity index (χ3v) is 19.7. The van der Waals surface area contributed by atoms with E-state index in [1.165, 1.54) is 68.3 Å². The summed E-state index contributed by atoms with van der Waals surface area (Å²) in [6, 6.07) is 83.9. The lowest BCUT2D eigenvalue weighted by molar-refractivity contribution is 0.361. The predicted molar refractivity (Wildman–Crippen MR) is 278 cm³/mol. The number of fused-ring (bicyclic) bond motifs is 12. The SMILES string of the molecule is c1ccc(N(c2ccc3c(c2)sc2cc([Si]4(c5ccccc5)c5ccccc5-c5c4ccc4c5Oc5ccccc5O4)ccc23)c2ccc3c(c2)c2ccccc2n3-c2ccccc2)cc1. The molecule has 0 amide bonds. The topological polar surface area (TPSA) is 26.6 Å². The third-order valence-electron chi connectivity index (χ3n) is 13.7. The smallest absolute Gasteiger partial charge is 0.181 e. The van der Waals surface area contributed by atoms with Gasteiger partial charge in [0.15, 0.2) is 31.1 Å². The molecule has 0 saturated carbocycles. The summed E-state index contributed by atoms with van der Waals surface area (Å²) in [7, 11) is -2.86. The Balaban J connectivity index is 0.937. The maximum Gasteiger partial charge on any atom is 0.181 e. The molecular formula is C60H38N2O2SSi. The van der Waals surface area contributed by atoms with E-state index < -0.39 is 8.07 Å². The number of anilines is 3. The van der Waals surface area contributed by atoms with Crippen LogP contribution in [0.15, 0.2) is 231 Å². The highest BCUT2D eigenvalue weighted by atomic mass is 32.1. The molecule has 12 aromatic rings. The Bertz CT molecular complexity index is 3900. The van der Waals surface area contributed by atoms with E-state index in [2.05, 4.69) is 216 Å². The molecule has 0 spiro atoms. The molecule has 0 N–H and O–H groups in total. The maximum atomic E-state index is 6.80. The molecule has 2 aromatic heterocycles. The first kappa shape index (κ1) is 37.2. The van der Waals surface area contributed by atoms with Crippen LogP contribution >= 0.6 is 11.3 Å². The van der Waals surface area contributed by atoms with Gasteiger partial charge in [-0.3, -0.25) is 0 Å². The number of rotatable bonds is 6. The van der Waals surface area contributed by atoms with Crippen LogP contribution in [0.3, 0.4) is 0 Å². The van der Waals surface area contributed by atoms with E-state index in [0.717, 1.165) is 51.3 Å². The van der Waals surface area contributed by atoms with E-state index in [-0.39, 0.29) is 0 Å². The Hall–Kier alpha value is -8.16. The van der Waals surface area contributed by atoms with Gasteiger partial charge in [-0.25, -0.2) is 0 Å². The summed E-state index contributed by atoms with van der Waals surface area (Å²) in [5.41, 5.74) is 9.23. The third kappa shape index (κ3) is 5.37. The molecule has 1 atom stereocenters. The number of hydrogen-bond donors (Lipinski definition) is 0. The van der Waals surface area contributed by atoms with Gasteiger partial charge in [-0.2, -0.15) is 0 Å². The molecule has 1 unspecified atom stereocenters. The van der Waals surface area contributed by atoms with E-state index in [0.29, 0.717) is 0 Å². The van der Waals surface area contributed by atoms with Crippen molar-refractivity contribution in [3.63, 3.8) is 0 Å². The molecule has 66 heavy (non-hydrogen) atoms. The zero-order valence-corrected chi connectivity index (χ0v) is 37.4. The minimum atomic E-state index is -2.86. The molecule has 0 fully saturated rings. The Kier molecular flexibility index (Phi) is 8.14. The van der Waals surface area contributed by atoms with Crippen LogP contribution in [0.25, 0.3) is 58.8 Å². The molecule has 14 rings (SSSR count). The Labute approximate surface area is 386 Å². The Morgan fingerprint density at radius 3 is 1.86 bits per heavy atom. The van der Waals surface area contributed by atoms with Crippen LogP contribution in [0.5, 0.6) is 23.0 Å². The predicted octanol–water partition coefficient (Wildman–Crippen LogP) is 13.9. The van der Waals surface area contributed by atoms with Crippen molar-refractivity contribution in [3.05, 3.63) is 231 Å². The minimum Gasteiger partial charge on any atom is -0.449 e. The second-order valence-electron chi connectivity index (χ2n) is 17.2. The van der Waals surface area contributed by atoms with Gasteiger partial charge in [-0.1, -0.05) is 146 Å². The maximum absolute atomic E-state index is 6.80. The molecule has 2 aliphatic rings. The summed E-state index contributed by atoms with van der Waals surface area (Å²) in [5.74, 6) is 3.02. The molecule has 6 heteroatoms. The molecule has 4 nitrogen and oxygen atoms in total. The van der Waals surface area contributed by atoms with Gasteiger partial charge in [0, 0.05) is 59.3 Å². The molecule has 0 radical (unpaired) electrons. The number of hydrogen-bond acceptors (Lipinski definition) is 4. The van der Waals surface area contributed by atoms with E-state index in [4.69, 9.17) is 9.47 Å². The number of para-hydroxylation sites is 5. The van der Waals surface area contributed by atoms with Gasteiger partial charge in [0.25, 0.3) is 0 Å². The first-order chi connectivity index (χ1) is 32.7. The molecule has 0 aliphatic carbocycles. The highest BCUT2D eigenvalue weighted by molar-refractivity contribution is 7.26. The molecular weight excluding hydrogens is 841 g/mol. The first-order valence-corrected chi connectivity index (χ1v) is 25.2. The van der Waals surface area contributed by atoms with Gasteiger partial charge in [-0.15, -0.1) is 11.3 Å². The van der Waals surface area contributed by atoms with Crippen LogP contribution in [0.1, 0.15) is 0 Å². The fraction of sp³-hybridized carbons (Fsp3) is 0. The fourth-order valence-corrected chi connectivity index (χ4v) is 17.4. The zero-order valence-electron chi connectivity index (χ0n) is 35.6. The number of thiophene rings is 1. The molecule has 2 aliphatic heterocycles. The second kappa shape index (κ2) is 14.4. The van der Waals surface area contributed by atoms with Crippen LogP contribution in [-0.4, -0.2) is 12.6 Å². The standard InChI is InChI=1S/C60H38N2O2SSi/c1-4-16-39(17-5-1)61(41-29-33-51-49(36-41)45-22-10-12-24-50(45)62(51)40-18-6-2-7-19-40)42-28-31-46-47-32-30-44(38-56(47)65-55(46)37-42)66(43-20-8-3-9-21-43)57-27-15-11-23-48(57)59-58(66)35-34-54-60(59)64-53-26-14-13-25-52(53)63-54/h1-38H. The quantitative estimate of drug-likeness (QED) is 0.156. The highest BCUT2D eigenvalue weighted by Crippen LogP contribution is 2.51. The normalized spacial score (nSPS) is 14.7. The lowest BCUT2D eigenvalue weighted by atomic mass is 10.0. The van der Waals surface area contributed by atoms with Crippen molar-refractivity contribution in [2.75, 3.05) is 4.90 Å². The summed E-state index contributed by atoms with van der Waals surface area (Å²) in [6.45, 7) is 0. The van der Waals surface area contributed by atoms with Gasteiger partial charge in [0.1, 0.15) is 0 Å². The summed E-state index contributed by atoms with van der Waals surface area (Å²) >= 11 is 1.88. The van der Waals surface area contributed by atoms with Crippen LogP contribution < -0.4 is 35.1 Å². The average Bonchev–Trinajstić information content (AvgIpc) is 4.02. The zero-order chi connectivity index (χ0) is 43.3. The number of nitrogens with zero attached hydrogens (tertiary/aromatic N) is 2. The van der Waals surface area contributed by atoms with Crippen molar-refractivity contribution < 1.29 is 9.47 Å². The molecule has 4 heterocycles. The number of benzene rings is 10. The summed E-state index contributed by atoms with van der Waals surface area (Å²) in [6.07, 6.45) is 0. The summed E-state index contributed by atoms with van der Waals surface area (Å²) in [5, 5.41) is 10.4. The summed E-state index contributed by atoms with van der Waals surface area (Å²) < 4.78 is 18.2. The monoisotopic (exact) mass is 878 g/mol.